The Morgan fingerprint density at radius 2 is 1.79 bits per heavy atom. The van der Waals surface area contributed by atoms with Gasteiger partial charge in [0.05, 0.1) is 0 Å². The number of rotatable bonds is 9. The maximum absolute atomic E-state index is 13.2. The zero-order chi connectivity index (χ0) is 21.2. The number of carbonyl (C=O) groups excluding carboxylic acids is 3. The molecule has 7 nitrogen and oxygen atoms in total. The number of nitrogens with two attached hydrogens (primary N) is 1. The monoisotopic (exact) mass is 402 g/mol. The molecule has 1 saturated heterocycles. The van der Waals surface area contributed by atoms with E-state index in [4.69, 9.17) is 5.73 Å². The second-order valence-electron chi connectivity index (χ2n) is 7.62. The summed E-state index contributed by atoms with van der Waals surface area (Å²) < 4.78 is 0. The van der Waals surface area contributed by atoms with Gasteiger partial charge in [-0.05, 0) is 37.8 Å². The Bertz CT molecular complexity index is 672. The molecule has 1 aromatic carbocycles. The van der Waals surface area contributed by atoms with Gasteiger partial charge in [-0.3, -0.25) is 9.59 Å². The number of amides is 4. The van der Waals surface area contributed by atoms with E-state index in [-0.39, 0.29) is 17.9 Å². The Morgan fingerprint density at radius 1 is 1.14 bits per heavy atom. The largest absolute Gasteiger partial charge is 0.352 e. The summed E-state index contributed by atoms with van der Waals surface area (Å²) in [4.78, 5) is 41.0. The summed E-state index contributed by atoms with van der Waals surface area (Å²) in [6, 6.07) is 8.10. The normalized spacial score (nSPS) is 15.6. The van der Waals surface area contributed by atoms with Crippen molar-refractivity contribution in [2.45, 2.75) is 64.5 Å². The Labute approximate surface area is 173 Å². The molecular weight excluding hydrogens is 368 g/mol. The molecule has 3 N–H and O–H groups in total. The maximum atomic E-state index is 13.2. The zero-order valence-electron chi connectivity index (χ0n) is 17.6. The SMILES string of the molecule is CCCCC(NC(N)=O)C(=O)N(CCC)C1CCN(C(=O)c2ccccc2)CC1. The molecule has 1 unspecified atom stereocenters. The van der Waals surface area contributed by atoms with Gasteiger partial charge in [0.2, 0.25) is 5.91 Å². The standard InChI is InChI=1S/C22H34N4O3/c1-3-5-11-19(24-22(23)29)21(28)26(14-4-2)18-12-15-25(16-13-18)20(27)17-9-7-6-8-10-17/h6-10,18-19H,3-5,11-16H2,1-2H3,(H3,23,24,29). The fraction of sp³-hybridized carbons (Fsp3) is 0.591. The average Bonchev–Trinajstić information content (AvgIpc) is 2.74. The Kier molecular flexibility index (Phi) is 8.96. The molecule has 1 aliphatic heterocycles. The molecule has 2 rings (SSSR count). The topological polar surface area (TPSA) is 95.7 Å². The minimum atomic E-state index is -0.667. The van der Waals surface area contributed by atoms with Gasteiger partial charge in [0.25, 0.3) is 5.91 Å². The summed E-state index contributed by atoms with van der Waals surface area (Å²) in [7, 11) is 0. The number of nitrogens with one attached hydrogen (secondary N) is 1. The molecule has 0 aromatic heterocycles. The Hall–Kier alpha value is -2.57. The van der Waals surface area contributed by atoms with Gasteiger partial charge in [-0.2, -0.15) is 0 Å². The van der Waals surface area contributed by atoms with E-state index >= 15 is 0 Å². The Morgan fingerprint density at radius 3 is 2.34 bits per heavy atom. The molecule has 0 bridgehead atoms. The summed E-state index contributed by atoms with van der Waals surface area (Å²) in [6.07, 6.45) is 4.69. The van der Waals surface area contributed by atoms with Crippen LogP contribution in [0, 0.1) is 0 Å². The third kappa shape index (κ3) is 6.48. The first-order chi connectivity index (χ1) is 14.0. The van der Waals surface area contributed by atoms with Crippen molar-refractivity contribution in [1.29, 1.82) is 0 Å². The van der Waals surface area contributed by atoms with Crippen LogP contribution in [0.4, 0.5) is 4.79 Å². The van der Waals surface area contributed by atoms with E-state index in [2.05, 4.69) is 12.2 Å². The molecule has 0 radical (unpaired) electrons. The van der Waals surface area contributed by atoms with Crippen LogP contribution < -0.4 is 11.1 Å². The van der Waals surface area contributed by atoms with Crippen molar-refractivity contribution in [2.24, 2.45) is 5.73 Å². The summed E-state index contributed by atoms with van der Waals surface area (Å²) in [5, 5.41) is 2.62. The van der Waals surface area contributed by atoms with Gasteiger partial charge in [-0.1, -0.05) is 44.9 Å². The zero-order valence-corrected chi connectivity index (χ0v) is 17.6. The second-order valence-corrected chi connectivity index (χ2v) is 7.62. The van der Waals surface area contributed by atoms with Crippen molar-refractivity contribution in [3.63, 3.8) is 0 Å². The number of benzene rings is 1. The summed E-state index contributed by atoms with van der Waals surface area (Å²) in [5.41, 5.74) is 5.99. The minimum Gasteiger partial charge on any atom is -0.352 e. The predicted octanol–water partition coefficient (Wildman–Crippen LogP) is 2.76. The molecular formula is C22H34N4O3. The van der Waals surface area contributed by atoms with Crippen molar-refractivity contribution in [3.05, 3.63) is 35.9 Å². The third-order valence-corrected chi connectivity index (χ3v) is 5.42. The second kappa shape index (κ2) is 11.4. The first-order valence-corrected chi connectivity index (χ1v) is 10.7. The van der Waals surface area contributed by atoms with E-state index in [0.717, 1.165) is 32.1 Å². The number of nitrogens with zero attached hydrogens (tertiary/aromatic N) is 2. The molecule has 29 heavy (non-hydrogen) atoms. The van der Waals surface area contributed by atoms with Gasteiger partial charge >= 0.3 is 6.03 Å². The quantitative estimate of drug-likeness (QED) is 0.665. The van der Waals surface area contributed by atoms with Crippen LogP contribution in [0.1, 0.15) is 62.7 Å². The number of primary amides is 1. The van der Waals surface area contributed by atoms with E-state index in [1.807, 2.05) is 47.1 Å². The lowest BCUT2D eigenvalue weighted by molar-refractivity contribution is -0.136. The van der Waals surface area contributed by atoms with Crippen LogP contribution in [0.15, 0.2) is 30.3 Å². The molecule has 1 aromatic rings. The molecule has 1 heterocycles. The molecule has 7 heteroatoms. The highest BCUT2D eigenvalue weighted by molar-refractivity contribution is 5.94. The van der Waals surface area contributed by atoms with Crippen LogP contribution in [0.3, 0.4) is 0 Å². The number of hydrogen-bond acceptors (Lipinski definition) is 3. The molecule has 160 valence electrons. The van der Waals surface area contributed by atoms with Gasteiger partial charge < -0.3 is 20.9 Å². The van der Waals surface area contributed by atoms with Crippen LogP contribution in [0.25, 0.3) is 0 Å². The van der Waals surface area contributed by atoms with Gasteiger partial charge in [0.1, 0.15) is 6.04 Å². The van der Waals surface area contributed by atoms with Gasteiger partial charge in [-0.15, -0.1) is 0 Å². The van der Waals surface area contributed by atoms with E-state index in [1.54, 1.807) is 0 Å². The van der Waals surface area contributed by atoms with Crippen LogP contribution in [0.2, 0.25) is 0 Å². The molecule has 4 amide bonds. The molecule has 1 fully saturated rings. The number of unbranched alkanes of at least 4 members (excludes halogenated alkanes) is 1. The Balaban J connectivity index is 2.02. The van der Waals surface area contributed by atoms with Crippen molar-refractivity contribution >= 4 is 17.8 Å². The van der Waals surface area contributed by atoms with Crippen molar-refractivity contribution < 1.29 is 14.4 Å². The summed E-state index contributed by atoms with van der Waals surface area (Å²) in [5.74, 6) is -0.0272. The highest BCUT2D eigenvalue weighted by Gasteiger charge is 2.33. The lowest BCUT2D eigenvalue weighted by Gasteiger charge is -2.40. The maximum Gasteiger partial charge on any atom is 0.312 e. The molecule has 0 spiro atoms. The lowest BCUT2D eigenvalue weighted by Crippen LogP contribution is -2.55. The summed E-state index contributed by atoms with van der Waals surface area (Å²) >= 11 is 0. The van der Waals surface area contributed by atoms with Crippen LogP contribution in [0.5, 0.6) is 0 Å². The highest BCUT2D eigenvalue weighted by atomic mass is 16.2. The molecule has 1 aliphatic rings. The lowest BCUT2D eigenvalue weighted by atomic mass is 9.99. The first kappa shape index (κ1) is 22.7. The average molecular weight is 403 g/mol. The highest BCUT2D eigenvalue weighted by Crippen LogP contribution is 2.21. The van der Waals surface area contributed by atoms with Crippen molar-refractivity contribution in [1.82, 2.24) is 15.1 Å². The molecule has 0 aliphatic carbocycles. The van der Waals surface area contributed by atoms with Gasteiger partial charge in [0, 0.05) is 31.2 Å². The number of hydrogen-bond donors (Lipinski definition) is 2. The van der Waals surface area contributed by atoms with Gasteiger partial charge in [0.15, 0.2) is 0 Å². The van der Waals surface area contributed by atoms with Crippen molar-refractivity contribution in [3.8, 4) is 0 Å². The smallest absolute Gasteiger partial charge is 0.312 e. The molecule has 1 atom stereocenters. The number of urea groups is 1. The minimum absolute atomic E-state index is 0.0358. The third-order valence-electron chi connectivity index (χ3n) is 5.42. The predicted molar refractivity (Wildman–Crippen MR) is 113 cm³/mol. The molecule has 0 saturated carbocycles. The number of piperidine rings is 1. The van der Waals surface area contributed by atoms with Gasteiger partial charge in [-0.25, -0.2) is 4.79 Å². The van der Waals surface area contributed by atoms with E-state index in [1.165, 1.54) is 0 Å². The van der Waals surface area contributed by atoms with Crippen LogP contribution in [-0.2, 0) is 4.79 Å². The first-order valence-electron chi connectivity index (χ1n) is 10.7. The van der Waals surface area contributed by atoms with Crippen LogP contribution in [-0.4, -0.2) is 59.4 Å². The fourth-order valence-corrected chi connectivity index (χ4v) is 3.90. The van der Waals surface area contributed by atoms with Crippen LogP contribution >= 0.6 is 0 Å². The summed E-state index contributed by atoms with van der Waals surface area (Å²) in [6.45, 7) is 5.97. The number of likely N-dealkylation sites (tertiary alicyclic amines) is 1. The van der Waals surface area contributed by atoms with E-state index in [9.17, 15) is 14.4 Å². The fourth-order valence-electron chi connectivity index (χ4n) is 3.90. The van der Waals surface area contributed by atoms with Crippen molar-refractivity contribution in [2.75, 3.05) is 19.6 Å². The van der Waals surface area contributed by atoms with E-state index in [0.29, 0.717) is 31.6 Å². The number of carbonyl (C=O) groups is 3. The van der Waals surface area contributed by atoms with E-state index < -0.39 is 12.1 Å².